The lowest BCUT2D eigenvalue weighted by molar-refractivity contribution is 0.337. The lowest BCUT2D eigenvalue weighted by Gasteiger charge is -2.42. The van der Waals surface area contributed by atoms with Crippen LogP contribution in [0, 0.1) is 11.3 Å². The molecule has 1 heterocycles. The first-order valence-electron chi connectivity index (χ1n) is 8.40. The predicted molar refractivity (Wildman–Crippen MR) is 83.0 cm³/mol. The zero-order valence-corrected chi connectivity index (χ0v) is 12.7. The fourth-order valence-electron chi connectivity index (χ4n) is 3.94. The Morgan fingerprint density at radius 1 is 0.952 bits per heavy atom. The second-order valence-electron chi connectivity index (χ2n) is 6.34. The Morgan fingerprint density at radius 3 is 2.05 bits per heavy atom. The van der Waals surface area contributed by atoms with Gasteiger partial charge < -0.3 is 4.90 Å². The van der Waals surface area contributed by atoms with Crippen molar-refractivity contribution in [2.45, 2.75) is 76.3 Å². The number of hydrogen-bond acceptors (Lipinski definition) is 4. The monoisotopic (exact) mass is 284 g/mol. The van der Waals surface area contributed by atoms with Crippen molar-refractivity contribution < 1.29 is 0 Å². The summed E-state index contributed by atoms with van der Waals surface area (Å²) < 4.78 is 0. The van der Waals surface area contributed by atoms with Crippen LogP contribution in [0.25, 0.3) is 0 Å². The molecule has 4 heteroatoms. The molecular formula is C17H24N4. The highest BCUT2D eigenvalue weighted by Crippen LogP contribution is 2.33. The van der Waals surface area contributed by atoms with E-state index in [4.69, 9.17) is 5.26 Å². The lowest BCUT2D eigenvalue weighted by Crippen LogP contribution is -2.46. The van der Waals surface area contributed by atoms with E-state index in [2.05, 4.69) is 20.9 Å². The summed E-state index contributed by atoms with van der Waals surface area (Å²) >= 11 is 0. The number of hydrogen-bond donors (Lipinski definition) is 0. The van der Waals surface area contributed by atoms with Crippen LogP contribution in [0.1, 0.15) is 70.0 Å². The molecule has 0 atom stereocenters. The van der Waals surface area contributed by atoms with Crippen LogP contribution in [0.15, 0.2) is 12.3 Å². The number of nitrogens with zero attached hydrogens (tertiary/aromatic N) is 4. The first kappa shape index (κ1) is 14.3. The minimum atomic E-state index is 0.295. The molecule has 0 bridgehead atoms. The molecule has 0 unspecified atom stereocenters. The average molecular weight is 284 g/mol. The molecule has 1 aromatic heterocycles. The molecule has 2 saturated carbocycles. The van der Waals surface area contributed by atoms with E-state index < -0.39 is 0 Å². The van der Waals surface area contributed by atoms with Crippen molar-refractivity contribution in [2.75, 3.05) is 4.90 Å². The van der Waals surface area contributed by atoms with E-state index in [0.717, 1.165) is 5.82 Å². The van der Waals surface area contributed by atoms with Crippen molar-refractivity contribution in [3.8, 4) is 6.07 Å². The normalized spacial score (nSPS) is 20.9. The molecule has 112 valence electrons. The second kappa shape index (κ2) is 6.89. The fraction of sp³-hybridized carbons (Fsp3) is 0.706. The number of nitriles is 1. The van der Waals surface area contributed by atoms with E-state index in [1.807, 2.05) is 6.07 Å². The van der Waals surface area contributed by atoms with Gasteiger partial charge in [0.2, 0.25) is 5.82 Å². The summed E-state index contributed by atoms with van der Waals surface area (Å²) in [6.07, 6.45) is 14.8. The Kier molecular flexibility index (Phi) is 4.69. The standard InChI is InChI=1S/C17H24N4/c18-13-16-19-12-11-17(20-16)21(14-7-3-1-4-8-14)15-9-5-2-6-10-15/h11-12,14-15H,1-10H2. The maximum Gasteiger partial charge on any atom is 0.234 e. The maximum atomic E-state index is 9.07. The van der Waals surface area contributed by atoms with Crippen LogP contribution in [0.5, 0.6) is 0 Å². The Hall–Kier alpha value is -1.63. The van der Waals surface area contributed by atoms with Gasteiger partial charge in [-0.3, -0.25) is 0 Å². The molecular weight excluding hydrogens is 260 g/mol. The zero-order chi connectivity index (χ0) is 14.5. The van der Waals surface area contributed by atoms with Crippen LogP contribution in [0.4, 0.5) is 5.82 Å². The highest BCUT2D eigenvalue weighted by molar-refractivity contribution is 5.42. The molecule has 0 radical (unpaired) electrons. The van der Waals surface area contributed by atoms with E-state index in [1.165, 1.54) is 64.2 Å². The van der Waals surface area contributed by atoms with Crippen molar-refractivity contribution in [2.24, 2.45) is 0 Å². The summed E-state index contributed by atoms with van der Waals surface area (Å²) in [5.41, 5.74) is 0. The number of aromatic nitrogens is 2. The molecule has 2 fully saturated rings. The Balaban J connectivity index is 1.88. The van der Waals surface area contributed by atoms with Crippen LogP contribution in [0.3, 0.4) is 0 Å². The lowest BCUT2D eigenvalue weighted by atomic mass is 9.88. The third-order valence-corrected chi connectivity index (χ3v) is 4.94. The number of anilines is 1. The van der Waals surface area contributed by atoms with Gasteiger partial charge in [0.05, 0.1) is 0 Å². The minimum Gasteiger partial charge on any atom is -0.351 e. The first-order chi connectivity index (χ1) is 10.4. The van der Waals surface area contributed by atoms with Gasteiger partial charge in [0.25, 0.3) is 0 Å². The largest absolute Gasteiger partial charge is 0.351 e. The van der Waals surface area contributed by atoms with Crippen molar-refractivity contribution in [3.05, 3.63) is 18.1 Å². The van der Waals surface area contributed by atoms with Crippen molar-refractivity contribution in [1.82, 2.24) is 9.97 Å². The van der Waals surface area contributed by atoms with Gasteiger partial charge in [0, 0.05) is 18.3 Å². The minimum absolute atomic E-state index is 0.295. The third-order valence-electron chi connectivity index (χ3n) is 4.94. The molecule has 0 amide bonds. The van der Waals surface area contributed by atoms with Gasteiger partial charge in [-0.25, -0.2) is 9.97 Å². The summed E-state index contributed by atoms with van der Waals surface area (Å²) in [7, 11) is 0. The Morgan fingerprint density at radius 2 is 1.52 bits per heavy atom. The average Bonchev–Trinajstić information content (AvgIpc) is 2.57. The van der Waals surface area contributed by atoms with Gasteiger partial charge in [0.1, 0.15) is 11.9 Å². The molecule has 2 aliphatic rings. The van der Waals surface area contributed by atoms with Gasteiger partial charge in [-0.15, -0.1) is 0 Å². The topological polar surface area (TPSA) is 52.8 Å². The second-order valence-corrected chi connectivity index (χ2v) is 6.34. The smallest absolute Gasteiger partial charge is 0.234 e. The molecule has 0 saturated heterocycles. The molecule has 0 spiro atoms. The van der Waals surface area contributed by atoms with E-state index >= 15 is 0 Å². The predicted octanol–water partition coefficient (Wildman–Crippen LogP) is 3.82. The van der Waals surface area contributed by atoms with Crippen LogP contribution < -0.4 is 4.90 Å². The van der Waals surface area contributed by atoms with Gasteiger partial charge in [-0.05, 0) is 31.7 Å². The van der Waals surface area contributed by atoms with E-state index in [-0.39, 0.29) is 0 Å². The highest BCUT2D eigenvalue weighted by atomic mass is 15.2. The molecule has 21 heavy (non-hydrogen) atoms. The molecule has 3 rings (SSSR count). The molecule has 0 aromatic carbocycles. The first-order valence-corrected chi connectivity index (χ1v) is 8.40. The van der Waals surface area contributed by atoms with Crippen LogP contribution >= 0.6 is 0 Å². The zero-order valence-electron chi connectivity index (χ0n) is 12.7. The molecule has 0 aliphatic heterocycles. The van der Waals surface area contributed by atoms with Crippen LogP contribution in [-0.4, -0.2) is 22.1 Å². The Labute approximate surface area is 127 Å². The maximum absolute atomic E-state index is 9.07. The Bertz CT molecular complexity index is 478. The summed E-state index contributed by atoms with van der Waals surface area (Å²) in [6.45, 7) is 0. The van der Waals surface area contributed by atoms with Gasteiger partial charge in [0.15, 0.2) is 0 Å². The summed E-state index contributed by atoms with van der Waals surface area (Å²) in [4.78, 5) is 11.1. The van der Waals surface area contributed by atoms with Crippen molar-refractivity contribution >= 4 is 5.82 Å². The van der Waals surface area contributed by atoms with E-state index in [9.17, 15) is 0 Å². The number of rotatable bonds is 3. The molecule has 1 aromatic rings. The molecule has 2 aliphatic carbocycles. The van der Waals surface area contributed by atoms with E-state index in [0.29, 0.717) is 17.9 Å². The van der Waals surface area contributed by atoms with Crippen LogP contribution in [-0.2, 0) is 0 Å². The molecule has 4 nitrogen and oxygen atoms in total. The van der Waals surface area contributed by atoms with Crippen molar-refractivity contribution in [1.29, 1.82) is 5.26 Å². The molecule has 0 N–H and O–H groups in total. The summed E-state index contributed by atoms with van der Waals surface area (Å²) in [6, 6.07) is 5.27. The van der Waals surface area contributed by atoms with E-state index in [1.54, 1.807) is 6.20 Å². The quantitative estimate of drug-likeness (QED) is 0.846. The summed E-state index contributed by atoms with van der Waals surface area (Å²) in [5.74, 6) is 1.27. The van der Waals surface area contributed by atoms with Crippen molar-refractivity contribution in [3.63, 3.8) is 0 Å². The van der Waals surface area contributed by atoms with Crippen LogP contribution in [0.2, 0.25) is 0 Å². The van der Waals surface area contributed by atoms with Gasteiger partial charge in [-0.1, -0.05) is 38.5 Å². The fourth-order valence-corrected chi connectivity index (χ4v) is 3.94. The SMILES string of the molecule is N#Cc1nccc(N(C2CCCCC2)C2CCCCC2)n1. The van der Waals surface area contributed by atoms with Gasteiger partial charge in [-0.2, -0.15) is 5.26 Å². The summed E-state index contributed by atoms with van der Waals surface area (Å²) in [5, 5.41) is 9.07. The van der Waals surface area contributed by atoms with Gasteiger partial charge >= 0.3 is 0 Å². The highest BCUT2D eigenvalue weighted by Gasteiger charge is 2.30. The third kappa shape index (κ3) is 3.34.